The average molecular weight is 303 g/mol. The lowest BCUT2D eigenvalue weighted by Gasteiger charge is -2.19. The zero-order valence-corrected chi connectivity index (χ0v) is 12.5. The van der Waals surface area contributed by atoms with Gasteiger partial charge in [-0.05, 0) is 17.7 Å². The molecular weight excluding hydrogens is 288 g/mol. The van der Waals surface area contributed by atoms with Crippen molar-refractivity contribution < 1.29 is 0 Å². The van der Waals surface area contributed by atoms with E-state index in [0.29, 0.717) is 18.1 Å². The molecule has 2 heterocycles. The van der Waals surface area contributed by atoms with Crippen molar-refractivity contribution in [2.45, 2.75) is 6.54 Å². The van der Waals surface area contributed by atoms with Crippen molar-refractivity contribution in [1.29, 1.82) is 0 Å². The zero-order chi connectivity index (χ0) is 14.8. The van der Waals surface area contributed by atoms with E-state index in [-0.39, 0.29) is 0 Å². The van der Waals surface area contributed by atoms with Crippen LogP contribution >= 0.6 is 11.6 Å². The molecule has 7 heteroatoms. The lowest BCUT2D eigenvalue weighted by Crippen LogP contribution is -2.19. The quantitative estimate of drug-likeness (QED) is 0.775. The molecule has 0 aliphatic rings. The summed E-state index contributed by atoms with van der Waals surface area (Å²) in [4.78, 5) is 18.2. The van der Waals surface area contributed by atoms with E-state index in [2.05, 4.69) is 25.3 Å². The monoisotopic (exact) mass is 302 g/mol. The molecule has 3 rings (SSSR count). The highest BCUT2D eigenvalue weighted by molar-refractivity contribution is 6.30. The third kappa shape index (κ3) is 2.75. The molecule has 0 aliphatic heterocycles. The molecule has 0 bridgehead atoms. The molecule has 1 aromatic carbocycles. The summed E-state index contributed by atoms with van der Waals surface area (Å²) in [5, 5.41) is 3.69. The van der Waals surface area contributed by atoms with Gasteiger partial charge in [0.15, 0.2) is 11.5 Å². The third-order valence-corrected chi connectivity index (χ3v) is 3.44. The SMILES string of the molecule is CNc1nc(N(C)Cc2ccc(Cl)cc2)c2[nH]cnc2n1. The van der Waals surface area contributed by atoms with Gasteiger partial charge in [-0.3, -0.25) is 0 Å². The average Bonchev–Trinajstić information content (AvgIpc) is 2.96. The minimum atomic E-state index is 0.549. The van der Waals surface area contributed by atoms with Crippen molar-refractivity contribution in [3.8, 4) is 0 Å². The minimum absolute atomic E-state index is 0.549. The van der Waals surface area contributed by atoms with Crippen LogP contribution in [-0.4, -0.2) is 34.0 Å². The van der Waals surface area contributed by atoms with Gasteiger partial charge in [0.2, 0.25) is 5.95 Å². The Bertz CT molecular complexity index is 752. The van der Waals surface area contributed by atoms with E-state index < -0.39 is 0 Å². The van der Waals surface area contributed by atoms with E-state index in [9.17, 15) is 0 Å². The Kier molecular flexibility index (Phi) is 3.62. The van der Waals surface area contributed by atoms with Gasteiger partial charge in [0, 0.05) is 25.7 Å². The number of imidazole rings is 1. The summed E-state index contributed by atoms with van der Waals surface area (Å²) in [6.45, 7) is 0.714. The molecule has 0 amide bonds. The third-order valence-electron chi connectivity index (χ3n) is 3.18. The first-order valence-electron chi connectivity index (χ1n) is 6.52. The van der Waals surface area contributed by atoms with E-state index in [1.807, 2.05) is 36.2 Å². The van der Waals surface area contributed by atoms with Crippen LogP contribution in [-0.2, 0) is 6.54 Å². The van der Waals surface area contributed by atoms with Crippen molar-refractivity contribution >= 4 is 34.5 Å². The molecule has 0 atom stereocenters. The Labute approximate surface area is 127 Å². The smallest absolute Gasteiger partial charge is 0.226 e. The van der Waals surface area contributed by atoms with Crippen molar-refractivity contribution in [3.63, 3.8) is 0 Å². The van der Waals surface area contributed by atoms with Gasteiger partial charge < -0.3 is 15.2 Å². The van der Waals surface area contributed by atoms with Crippen LogP contribution in [0.1, 0.15) is 5.56 Å². The Balaban J connectivity index is 1.94. The zero-order valence-electron chi connectivity index (χ0n) is 11.8. The number of hydrogen-bond donors (Lipinski definition) is 2. The van der Waals surface area contributed by atoms with E-state index in [0.717, 1.165) is 21.9 Å². The van der Waals surface area contributed by atoms with Gasteiger partial charge in [-0.2, -0.15) is 9.97 Å². The molecule has 21 heavy (non-hydrogen) atoms. The highest BCUT2D eigenvalue weighted by Crippen LogP contribution is 2.23. The number of hydrogen-bond acceptors (Lipinski definition) is 5. The van der Waals surface area contributed by atoms with E-state index in [4.69, 9.17) is 11.6 Å². The second kappa shape index (κ2) is 5.57. The molecular formula is C14H15ClN6. The van der Waals surface area contributed by atoms with Crippen molar-refractivity contribution in [3.05, 3.63) is 41.2 Å². The molecule has 2 N–H and O–H groups in total. The summed E-state index contributed by atoms with van der Waals surface area (Å²) in [5.41, 5.74) is 2.62. The summed E-state index contributed by atoms with van der Waals surface area (Å²) in [5.74, 6) is 1.35. The Morgan fingerprint density at radius 3 is 2.71 bits per heavy atom. The molecule has 0 saturated heterocycles. The standard InChI is InChI=1S/C14H15ClN6/c1-16-14-19-12-11(17-8-18-12)13(20-14)21(2)7-9-3-5-10(15)6-4-9/h3-6,8H,7H2,1-2H3,(H2,16,17,18,19,20). The fourth-order valence-corrected chi connectivity index (χ4v) is 2.27. The number of halogens is 1. The van der Waals surface area contributed by atoms with Crippen LogP contribution in [0.4, 0.5) is 11.8 Å². The minimum Gasteiger partial charge on any atom is -0.357 e. The lowest BCUT2D eigenvalue weighted by molar-refractivity contribution is 0.899. The highest BCUT2D eigenvalue weighted by Gasteiger charge is 2.13. The van der Waals surface area contributed by atoms with Crippen molar-refractivity contribution in [2.24, 2.45) is 0 Å². The Morgan fingerprint density at radius 2 is 2.00 bits per heavy atom. The maximum atomic E-state index is 5.91. The second-order valence-corrected chi connectivity index (χ2v) is 5.14. The van der Waals surface area contributed by atoms with E-state index in [1.165, 1.54) is 0 Å². The number of H-pyrrole nitrogens is 1. The molecule has 0 radical (unpaired) electrons. The fraction of sp³-hybridized carbons (Fsp3) is 0.214. The van der Waals surface area contributed by atoms with Crippen LogP contribution in [0.2, 0.25) is 5.02 Å². The Hall–Kier alpha value is -2.34. The maximum Gasteiger partial charge on any atom is 0.226 e. The first-order chi connectivity index (χ1) is 10.2. The van der Waals surface area contributed by atoms with Crippen LogP contribution < -0.4 is 10.2 Å². The molecule has 0 saturated carbocycles. The first-order valence-corrected chi connectivity index (χ1v) is 6.89. The van der Waals surface area contributed by atoms with Crippen LogP contribution in [0.15, 0.2) is 30.6 Å². The maximum absolute atomic E-state index is 5.91. The largest absolute Gasteiger partial charge is 0.357 e. The lowest BCUT2D eigenvalue weighted by atomic mass is 10.2. The van der Waals surface area contributed by atoms with Gasteiger partial charge in [0.05, 0.1) is 6.33 Å². The number of rotatable bonds is 4. The van der Waals surface area contributed by atoms with Gasteiger partial charge in [-0.1, -0.05) is 23.7 Å². The van der Waals surface area contributed by atoms with Gasteiger partial charge >= 0.3 is 0 Å². The van der Waals surface area contributed by atoms with Crippen LogP contribution in [0.25, 0.3) is 11.2 Å². The predicted octanol–water partition coefficient (Wildman–Crippen LogP) is 2.68. The molecule has 2 aromatic heterocycles. The van der Waals surface area contributed by atoms with E-state index >= 15 is 0 Å². The number of nitrogens with zero attached hydrogens (tertiary/aromatic N) is 4. The number of fused-ring (bicyclic) bond motifs is 1. The van der Waals surface area contributed by atoms with Gasteiger partial charge in [0.25, 0.3) is 0 Å². The summed E-state index contributed by atoms with van der Waals surface area (Å²) >= 11 is 5.91. The topological polar surface area (TPSA) is 69.7 Å². The van der Waals surface area contributed by atoms with Gasteiger partial charge in [-0.25, -0.2) is 4.98 Å². The fourth-order valence-electron chi connectivity index (χ4n) is 2.14. The highest BCUT2D eigenvalue weighted by atomic mass is 35.5. The molecule has 6 nitrogen and oxygen atoms in total. The number of aromatic amines is 1. The van der Waals surface area contributed by atoms with E-state index in [1.54, 1.807) is 13.4 Å². The number of aromatic nitrogens is 4. The van der Waals surface area contributed by atoms with Crippen LogP contribution in [0, 0.1) is 0 Å². The number of nitrogens with one attached hydrogen (secondary N) is 2. The van der Waals surface area contributed by atoms with Crippen molar-refractivity contribution in [1.82, 2.24) is 19.9 Å². The van der Waals surface area contributed by atoms with Gasteiger partial charge in [-0.15, -0.1) is 0 Å². The summed E-state index contributed by atoms with van der Waals surface area (Å²) < 4.78 is 0. The Morgan fingerprint density at radius 1 is 1.24 bits per heavy atom. The molecule has 0 fully saturated rings. The number of anilines is 2. The molecule has 0 spiro atoms. The normalized spacial score (nSPS) is 10.8. The van der Waals surface area contributed by atoms with Gasteiger partial charge in [0.1, 0.15) is 5.52 Å². The predicted molar refractivity (Wildman–Crippen MR) is 84.8 cm³/mol. The molecule has 0 aliphatic carbocycles. The van der Waals surface area contributed by atoms with Crippen LogP contribution in [0.5, 0.6) is 0 Å². The van der Waals surface area contributed by atoms with Crippen LogP contribution in [0.3, 0.4) is 0 Å². The first kappa shape index (κ1) is 13.6. The number of benzene rings is 1. The summed E-state index contributed by atoms with van der Waals surface area (Å²) in [7, 11) is 3.77. The molecule has 108 valence electrons. The molecule has 3 aromatic rings. The van der Waals surface area contributed by atoms with Crippen molar-refractivity contribution in [2.75, 3.05) is 24.3 Å². The summed E-state index contributed by atoms with van der Waals surface area (Å²) in [6, 6.07) is 7.78. The summed E-state index contributed by atoms with van der Waals surface area (Å²) in [6.07, 6.45) is 1.62. The molecule has 0 unspecified atom stereocenters. The second-order valence-electron chi connectivity index (χ2n) is 4.70.